The predicted octanol–water partition coefficient (Wildman–Crippen LogP) is 4.20. The quantitative estimate of drug-likeness (QED) is 0.838. The second-order valence-corrected chi connectivity index (χ2v) is 5.19. The van der Waals surface area contributed by atoms with Crippen molar-refractivity contribution < 1.29 is 0 Å². The van der Waals surface area contributed by atoms with Crippen LogP contribution < -0.4 is 5.32 Å². The Kier molecular flexibility index (Phi) is 4.76. The summed E-state index contributed by atoms with van der Waals surface area (Å²) in [6.07, 6.45) is 4.05. The summed E-state index contributed by atoms with van der Waals surface area (Å²) in [6.45, 7) is 3.02. The molecule has 0 unspecified atom stereocenters. The van der Waals surface area contributed by atoms with Gasteiger partial charge in [-0.3, -0.25) is 0 Å². The molecule has 2 rings (SSSR count). The van der Waals surface area contributed by atoms with E-state index < -0.39 is 0 Å². The lowest BCUT2D eigenvalue weighted by atomic mass is 10.1. The Morgan fingerprint density at radius 1 is 1.22 bits per heavy atom. The first-order valence-electron chi connectivity index (χ1n) is 6.15. The number of anilines is 1. The molecule has 2 aromatic rings. The van der Waals surface area contributed by atoms with Gasteiger partial charge < -0.3 is 5.32 Å². The molecular weight excluding hydrogens is 288 g/mol. The van der Waals surface area contributed by atoms with E-state index in [9.17, 15) is 0 Å². The van der Waals surface area contributed by atoms with Gasteiger partial charge >= 0.3 is 0 Å². The van der Waals surface area contributed by atoms with Crippen LogP contribution in [0.15, 0.2) is 47.1 Å². The Balaban J connectivity index is 1.77. The highest BCUT2D eigenvalue weighted by Crippen LogP contribution is 2.17. The molecule has 0 radical (unpaired) electrons. The minimum atomic E-state index is 0.947. The lowest BCUT2D eigenvalue weighted by Gasteiger charge is -2.07. The number of rotatable bonds is 5. The fourth-order valence-electron chi connectivity index (χ4n) is 1.79. The van der Waals surface area contributed by atoms with Crippen LogP contribution in [0.25, 0.3) is 0 Å². The molecule has 0 saturated heterocycles. The summed E-state index contributed by atoms with van der Waals surface area (Å²) in [6, 6.07) is 12.6. The number of aryl methyl sites for hydroxylation is 2. The zero-order valence-corrected chi connectivity index (χ0v) is 12.1. The molecular formula is C15H17BrN2. The van der Waals surface area contributed by atoms with E-state index in [1.807, 2.05) is 6.20 Å². The molecule has 0 aliphatic rings. The highest BCUT2D eigenvalue weighted by molar-refractivity contribution is 9.10. The summed E-state index contributed by atoms with van der Waals surface area (Å²) in [7, 11) is 0. The Morgan fingerprint density at radius 3 is 2.72 bits per heavy atom. The zero-order chi connectivity index (χ0) is 12.8. The van der Waals surface area contributed by atoms with E-state index in [1.54, 1.807) is 0 Å². The molecule has 94 valence electrons. The fourth-order valence-corrected chi connectivity index (χ4v) is 2.01. The first-order chi connectivity index (χ1) is 8.75. The zero-order valence-electron chi connectivity index (χ0n) is 10.5. The normalized spacial score (nSPS) is 10.3. The maximum Gasteiger partial charge on any atom is 0.126 e. The molecule has 0 spiro atoms. The van der Waals surface area contributed by atoms with Crippen molar-refractivity contribution in [3.63, 3.8) is 0 Å². The average molecular weight is 305 g/mol. The number of halogens is 1. The van der Waals surface area contributed by atoms with Gasteiger partial charge in [0.25, 0.3) is 0 Å². The molecule has 3 heteroatoms. The summed E-state index contributed by atoms with van der Waals surface area (Å²) >= 11 is 3.45. The van der Waals surface area contributed by atoms with Gasteiger partial charge in [-0.15, -0.1) is 0 Å². The van der Waals surface area contributed by atoms with Crippen molar-refractivity contribution in [3.8, 4) is 0 Å². The number of nitrogens with zero attached hydrogens (tertiary/aromatic N) is 1. The molecule has 2 nitrogen and oxygen atoms in total. The molecule has 0 saturated carbocycles. The van der Waals surface area contributed by atoms with Crippen molar-refractivity contribution in [1.29, 1.82) is 0 Å². The number of benzene rings is 1. The first kappa shape index (κ1) is 13.1. The van der Waals surface area contributed by atoms with Crippen LogP contribution in [0.3, 0.4) is 0 Å². The van der Waals surface area contributed by atoms with Gasteiger partial charge in [-0.05, 0) is 52.9 Å². The van der Waals surface area contributed by atoms with Crippen molar-refractivity contribution in [3.05, 3.63) is 58.2 Å². The predicted molar refractivity (Wildman–Crippen MR) is 79.9 cm³/mol. The van der Waals surface area contributed by atoms with E-state index in [4.69, 9.17) is 0 Å². The standard InChI is InChI=1S/C15H17BrN2/c1-12-10-15(18-11-14(12)16)17-9-5-8-13-6-3-2-4-7-13/h2-4,6-7,10-11H,5,8-9H2,1H3,(H,17,18). The topological polar surface area (TPSA) is 24.9 Å². The highest BCUT2D eigenvalue weighted by atomic mass is 79.9. The third-order valence-electron chi connectivity index (χ3n) is 2.84. The molecule has 0 amide bonds. The molecule has 0 bridgehead atoms. The third kappa shape index (κ3) is 3.84. The number of nitrogens with one attached hydrogen (secondary N) is 1. The Bertz CT molecular complexity index is 497. The van der Waals surface area contributed by atoms with Gasteiger partial charge in [0.05, 0.1) is 0 Å². The number of aromatic nitrogens is 1. The van der Waals surface area contributed by atoms with E-state index in [1.165, 1.54) is 11.1 Å². The fraction of sp³-hybridized carbons (Fsp3) is 0.267. The molecule has 0 fully saturated rings. The lowest BCUT2D eigenvalue weighted by Crippen LogP contribution is -2.04. The van der Waals surface area contributed by atoms with Gasteiger partial charge in [-0.25, -0.2) is 4.98 Å². The monoisotopic (exact) mass is 304 g/mol. The van der Waals surface area contributed by atoms with Crippen molar-refractivity contribution in [1.82, 2.24) is 4.98 Å². The second-order valence-electron chi connectivity index (χ2n) is 4.33. The summed E-state index contributed by atoms with van der Waals surface area (Å²) in [5.74, 6) is 0.948. The molecule has 0 aliphatic heterocycles. The lowest BCUT2D eigenvalue weighted by molar-refractivity contribution is 0.858. The van der Waals surface area contributed by atoms with Gasteiger partial charge in [0.2, 0.25) is 0 Å². The number of hydrogen-bond acceptors (Lipinski definition) is 2. The van der Waals surface area contributed by atoms with Crippen LogP contribution >= 0.6 is 15.9 Å². The summed E-state index contributed by atoms with van der Waals surface area (Å²) in [4.78, 5) is 4.33. The minimum absolute atomic E-state index is 0.947. The molecule has 1 aromatic carbocycles. The van der Waals surface area contributed by atoms with Crippen LogP contribution in [0.5, 0.6) is 0 Å². The molecule has 0 atom stereocenters. The third-order valence-corrected chi connectivity index (χ3v) is 3.67. The molecule has 18 heavy (non-hydrogen) atoms. The second kappa shape index (κ2) is 6.55. The Labute approximate surface area is 117 Å². The van der Waals surface area contributed by atoms with Crippen LogP contribution in [-0.2, 0) is 6.42 Å². The summed E-state index contributed by atoms with van der Waals surface area (Å²) in [5, 5.41) is 3.35. The first-order valence-corrected chi connectivity index (χ1v) is 6.95. The summed E-state index contributed by atoms with van der Waals surface area (Å²) < 4.78 is 1.05. The highest BCUT2D eigenvalue weighted by Gasteiger charge is 1.98. The van der Waals surface area contributed by atoms with Gasteiger partial charge in [-0.1, -0.05) is 30.3 Å². The van der Waals surface area contributed by atoms with Crippen LogP contribution in [0.2, 0.25) is 0 Å². The Hall–Kier alpha value is -1.35. The van der Waals surface area contributed by atoms with Crippen LogP contribution in [0.4, 0.5) is 5.82 Å². The molecule has 1 heterocycles. The van der Waals surface area contributed by atoms with Crippen LogP contribution in [0.1, 0.15) is 17.5 Å². The number of hydrogen-bond donors (Lipinski definition) is 1. The van der Waals surface area contributed by atoms with E-state index in [0.29, 0.717) is 0 Å². The van der Waals surface area contributed by atoms with Crippen LogP contribution in [0, 0.1) is 6.92 Å². The van der Waals surface area contributed by atoms with E-state index >= 15 is 0 Å². The van der Waals surface area contributed by atoms with Gasteiger partial charge in [0.15, 0.2) is 0 Å². The Morgan fingerprint density at radius 2 is 2.00 bits per heavy atom. The van der Waals surface area contributed by atoms with Crippen molar-refractivity contribution >= 4 is 21.7 Å². The minimum Gasteiger partial charge on any atom is -0.370 e. The average Bonchev–Trinajstić information content (AvgIpc) is 2.40. The molecule has 1 N–H and O–H groups in total. The maximum atomic E-state index is 4.33. The molecule has 1 aromatic heterocycles. The van der Waals surface area contributed by atoms with Crippen molar-refractivity contribution in [2.75, 3.05) is 11.9 Å². The smallest absolute Gasteiger partial charge is 0.126 e. The van der Waals surface area contributed by atoms with E-state index in [0.717, 1.165) is 29.7 Å². The largest absolute Gasteiger partial charge is 0.370 e. The number of pyridine rings is 1. The van der Waals surface area contributed by atoms with Crippen LogP contribution in [-0.4, -0.2) is 11.5 Å². The van der Waals surface area contributed by atoms with Gasteiger partial charge in [0.1, 0.15) is 5.82 Å². The van der Waals surface area contributed by atoms with Crippen molar-refractivity contribution in [2.45, 2.75) is 19.8 Å². The van der Waals surface area contributed by atoms with Gasteiger partial charge in [0, 0.05) is 17.2 Å². The maximum absolute atomic E-state index is 4.33. The SMILES string of the molecule is Cc1cc(NCCCc2ccccc2)ncc1Br. The van der Waals surface area contributed by atoms with E-state index in [-0.39, 0.29) is 0 Å². The molecule has 0 aliphatic carbocycles. The van der Waals surface area contributed by atoms with Crippen molar-refractivity contribution in [2.24, 2.45) is 0 Å². The van der Waals surface area contributed by atoms with E-state index in [2.05, 4.69) is 69.6 Å². The van der Waals surface area contributed by atoms with Gasteiger partial charge in [-0.2, -0.15) is 0 Å². The summed E-state index contributed by atoms with van der Waals surface area (Å²) in [5.41, 5.74) is 2.59.